The van der Waals surface area contributed by atoms with Crippen LogP contribution in [0.15, 0.2) is 105 Å². The number of benzene rings is 3. The van der Waals surface area contributed by atoms with Crippen LogP contribution in [0.4, 0.5) is 4.39 Å². The lowest BCUT2D eigenvalue weighted by atomic mass is 10.2. The van der Waals surface area contributed by atoms with E-state index in [9.17, 15) is 9.18 Å². The predicted octanol–water partition coefficient (Wildman–Crippen LogP) is 5.63. The largest absolute Gasteiger partial charge is 0.496 e. The molecule has 0 aliphatic heterocycles. The highest BCUT2D eigenvalue weighted by atomic mass is 19.1. The van der Waals surface area contributed by atoms with E-state index in [1.54, 1.807) is 49.7 Å². The SMILES string of the molecule is COc1cccc2oc(-c3nc4ccccc4c(=O)n3N=Cc3cccn3-c3ccc(F)cc3)cc12. The molecule has 8 heteroatoms. The number of methoxy groups -OCH3 is 1. The van der Waals surface area contributed by atoms with Crippen molar-refractivity contribution >= 4 is 28.1 Å². The summed E-state index contributed by atoms with van der Waals surface area (Å²) in [6, 6.07) is 24.2. The standard InChI is InChI=1S/C28H19FN4O3/c1-35-24-9-4-10-25-22(24)16-26(36-25)27-31-23-8-3-2-7-21(23)28(34)33(27)30-17-20-6-5-15-32(20)19-13-11-18(29)12-14-19/h2-17H,1H3. The third-order valence-electron chi connectivity index (χ3n) is 5.91. The molecule has 36 heavy (non-hydrogen) atoms. The van der Waals surface area contributed by atoms with Crippen molar-refractivity contribution in [1.82, 2.24) is 14.2 Å². The number of halogens is 1. The molecule has 0 saturated heterocycles. The van der Waals surface area contributed by atoms with Gasteiger partial charge in [0.25, 0.3) is 5.56 Å². The van der Waals surface area contributed by atoms with Crippen LogP contribution in [0.25, 0.3) is 39.1 Å². The van der Waals surface area contributed by atoms with Crippen molar-refractivity contribution in [1.29, 1.82) is 0 Å². The molecule has 0 aliphatic carbocycles. The molecule has 7 nitrogen and oxygen atoms in total. The quantitative estimate of drug-likeness (QED) is 0.301. The Labute approximate surface area is 204 Å². The molecule has 3 heterocycles. The van der Waals surface area contributed by atoms with Crippen molar-refractivity contribution in [2.45, 2.75) is 0 Å². The van der Waals surface area contributed by atoms with E-state index in [1.165, 1.54) is 16.8 Å². The fraction of sp³-hybridized carbons (Fsp3) is 0.0357. The number of para-hydroxylation sites is 1. The first-order chi connectivity index (χ1) is 17.6. The van der Waals surface area contributed by atoms with E-state index in [1.807, 2.05) is 47.2 Å². The smallest absolute Gasteiger partial charge is 0.282 e. The minimum absolute atomic E-state index is 0.257. The van der Waals surface area contributed by atoms with Gasteiger partial charge in [-0.1, -0.05) is 18.2 Å². The molecule has 176 valence electrons. The molecule has 3 aromatic heterocycles. The van der Waals surface area contributed by atoms with Crippen LogP contribution < -0.4 is 10.3 Å². The van der Waals surface area contributed by atoms with Gasteiger partial charge in [0.2, 0.25) is 5.82 Å². The zero-order valence-corrected chi connectivity index (χ0v) is 19.1. The highest BCUT2D eigenvalue weighted by Gasteiger charge is 2.18. The lowest BCUT2D eigenvalue weighted by Gasteiger charge is -2.08. The van der Waals surface area contributed by atoms with E-state index in [4.69, 9.17) is 14.1 Å². The van der Waals surface area contributed by atoms with Gasteiger partial charge < -0.3 is 13.7 Å². The van der Waals surface area contributed by atoms with Crippen LogP contribution in [0.5, 0.6) is 5.75 Å². The van der Waals surface area contributed by atoms with E-state index in [-0.39, 0.29) is 17.2 Å². The van der Waals surface area contributed by atoms with Gasteiger partial charge in [-0.2, -0.15) is 9.78 Å². The molecule has 0 radical (unpaired) electrons. The van der Waals surface area contributed by atoms with Gasteiger partial charge in [0, 0.05) is 11.9 Å². The Morgan fingerprint density at radius 1 is 0.972 bits per heavy atom. The van der Waals surface area contributed by atoms with Crippen molar-refractivity contribution in [2.75, 3.05) is 7.11 Å². The van der Waals surface area contributed by atoms with Crippen LogP contribution >= 0.6 is 0 Å². The fourth-order valence-electron chi connectivity index (χ4n) is 4.17. The summed E-state index contributed by atoms with van der Waals surface area (Å²) in [7, 11) is 1.59. The average Bonchev–Trinajstić information content (AvgIpc) is 3.55. The van der Waals surface area contributed by atoms with Gasteiger partial charge in [-0.3, -0.25) is 4.79 Å². The summed E-state index contributed by atoms with van der Waals surface area (Å²) in [5.41, 5.74) is 2.26. The number of fused-ring (bicyclic) bond motifs is 2. The summed E-state index contributed by atoms with van der Waals surface area (Å²) in [5.74, 6) is 0.969. The number of hydrogen-bond acceptors (Lipinski definition) is 5. The van der Waals surface area contributed by atoms with E-state index in [0.29, 0.717) is 33.7 Å². The molecule has 3 aromatic carbocycles. The molecule has 0 fully saturated rings. The van der Waals surface area contributed by atoms with Crippen LogP contribution in [0.2, 0.25) is 0 Å². The second-order valence-electron chi connectivity index (χ2n) is 8.08. The number of rotatable bonds is 5. The minimum atomic E-state index is -0.334. The molecule has 0 amide bonds. The summed E-state index contributed by atoms with van der Waals surface area (Å²) in [6.45, 7) is 0. The number of aromatic nitrogens is 3. The minimum Gasteiger partial charge on any atom is -0.496 e. The summed E-state index contributed by atoms with van der Waals surface area (Å²) in [5, 5.41) is 5.72. The first-order valence-electron chi connectivity index (χ1n) is 11.2. The van der Waals surface area contributed by atoms with Crippen molar-refractivity contribution in [3.05, 3.63) is 113 Å². The molecule has 0 unspecified atom stereocenters. The van der Waals surface area contributed by atoms with Gasteiger partial charge >= 0.3 is 0 Å². The molecule has 0 bridgehead atoms. The number of hydrogen-bond donors (Lipinski definition) is 0. The zero-order valence-electron chi connectivity index (χ0n) is 19.1. The Morgan fingerprint density at radius 2 is 1.81 bits per heavy atom. The Hall–Kier alpha value is -4.98. The van der Waals surface area contributed by atoms with Gasteiger partial charge in [-0.25, -0.2) is 9.37 Å². The van der Waals surface area contributed by atoms with Gasteiger partial charge in [-0.05, 0) is 66.7 Å². The lowest BCUT2D eigenvalue weighted by molar-refractivity contribution is 0.419. The van der Waals surface area contributed by atoms with Crippen molar-refractivity contribution in [3.8, 4) is 23.0 Å². The maximum Gasteiger partial charge on any atom is 0.282 e. The summed E-state index contributed by atoms with van der Waals surface area (Å²) in [6.07, 6.45) is 3.40. The molecule has 0 spiro atoms. The Kier molecular flexibility index (Phi) is 5.19. The topological polar surface area (TPSA) is 74.6 Å². The van der Waals surface area contributed by atoms with Crippen LogP contribution in [-0.4, -0.2) is 27.6 Å². The number of nitrogens with zero attached hydrogens (tertiary/aromatic N) is 4. The van der Waals surface area contributed by atoms with Crippen LogP contribution in [0, 0.1) is 5.82 Å². The molecule has 6 rings (SSSR count). The molecule has 0 N–H and O–H groups in total. The van der Waals surface area contributed by atoms with E-state index in [0.717, 1.165) is 11.1 Å². The third kappa shape index (κ3) is 3.65. The molecule has 6 aromatic rings. The van der Waals surface area contributed by atoms with Gasteiger partial charge in [-0.15, -0.1) is 0 Å². The van der Waals surface area contributed by atoms with Crippen molar-refractivity contribution in [3.63, 3.8) is 0 Å². The molecule has 0 saturated carbocycles. The second-order valence-corrected chi connectivity index (χ2v) is 8.08. The van der Waals surface area contributed by atoms with Crippen molar-refractivity contribution < 1.29 is 13.5 Å². The Morgan fingerprint density at radius 3 is 2.64 bits per heavy atom. The highest BCUT2D eigenvalue weighted by Crippen LogP contribution is 2.32. The average molecular weight is 478 g/mol. The molecule has 0 aliphatic rings. The Bertz CT molecular complexity index is 1810. The molecular weight excluding hydrogens is 459 g/mol. The normalized spacial score (nSPS) is 11.6. The highest BCUT2D eigenvalue weighted by molar-refractivity contribution is 5.88. The zero-order chi connectivity index (χ0) is 24.6. The molecular formula is C28H19FN4O3. The third-order valence-corrected chi connectivity index (χ3v) is 5.91. The lowest BCUT2D eigenvalue weighted by Crippen LogP contribution is -2.20. The van der Waals surface area contributed by atoms with Crippen LogP contribution in [0.3, 0.4) is 0 Å². The molecule has 0 atom stereocenters. The van der Waals surface area contributed by atoms with Crippen molar-refractivity contribution in [2.24, 2.45) is 5.10 Å². The first-order valence-corrected chi connectivity index (χ1v) is 11.2. The van der Waals surface area contributed by atoms with E-state index < -0.39 is 0 Å². The summed E-state index contributed by atoms with van der Waals surface area (Å²) in [4.78, 5) is 18.2. The monoisotopic (exact) mass is 478 g/mol. The predicted molar refractivity (Wildman–Crippen MR) is 136 cm³/mol. The fourth-order valence-corrected chi connectivity index (χ4v) is 4.17. The van der Waals surface area contributed by atoms with Crippen LogP contribution in [0.1, 0.15) is 5.69 Å². The van der Waals surface area contributed by atoms with Gasteiger partial charge in [0.1, 0.15) is 17.1 Å². The number of ether oxygens (including phenoxy) is 1. The summed E-state index contributed by atoms with van der Waals surface area (Å²) < 4.78 is 28.0. The summed E-state index contributed by atoms with van der Waals surface area (Å²) >= 11 is 0. The maximum absolute atomic E-state index is 13.5. The first kappa shape index (κ1) is 21.5. The number of furan rings is 1. The van der Waals surface area contributed by atoms with Gasteiger partial charge in [0.15, 0.2) is 5.76 Å². The van der Waals surface area contributed by atoms with Crippen LogP contribution in [-0.2, 0) is 0 Å². The Balaban J connectivity index is 1.53. The van der Waals surface area contributed by atoms with E-state index >= 15 is 0 Å². The maximum atomic E-state index is 13.5. The second kappa shape index (κ2) is 8.66. The van der Waals surface area contributed by atoms with Gasteiger partial charge in [0.05, 0.1) is 35.3 Å². The van der Waals surface area contributed by atoms with E-state index in [2.05, 4.69) is 5.10 Å².